The Bertz CT molecular complexity index is 226. The maximum Gasteiger partial charge on any atom is 0.0679 e. The van der Waals surface area contributed by atoms with Crippen LogP contribution < -0.4 is 11.1 Å². The third kappa shape index (κ3) is 3.92. The first-order valence-corrected chi connectivity index (χ1v) is 4.50. The van der Waals surface area contributed by atoms with Crippen LogP contribution in [0.4, 0.5) is 5.69 Å². The van der Waals surface area contributed by atoms with Gasteiger partial charge in [0.2, 0.25) is 0 Å². The maximum atomic E-state index is 9.17. The van der Waals surface area contributed by atoms with Crippen LogP contribution in [0.1, 0.15) is 6.42 Å². The molecule has 0 heterocycles. The molecule has 72 valence electrons. The largest absolute Gasteiger partial charge is 0.392 e. The summed E-state index contributed by atoms with van der Waals surface area (Å²) < 4.78 is 0. The number of aliphatic hydroxyl groups is 1. The van der Waals surface area contributed by atoms with Crippen molar-refractivity contribution in [3.63, 3.8) is 0 Å². The highest BCUT2D eigenvalue weighted by molar-refractivity contribution is 5.42. The average molecular weight is 180 g/mol. The number of aliphatic hydroxyl groups excluding tert-OH is 1. The van der Waals surface area contributed by atoms with Crippen molar-refractivity contribution in [1.29, 1.82) is 0 Å². The number of rotatable bonds is 5. The number of hydrogen-bond acceptors (Lipinski definition) is 3. The van der Waals surface area contributed by atoms with Crippen LogP contribution in [0.15, 0.2) is 30.3 Å². The molecule has 0 spiro atoms. The van der Waals surface area contributed by atoms with E-state index in [9.17, 15) is 5.11 Å². The summed E-state index contributed by atoms with van der Waals surface area (Å²) in [6.45, 7) is 1.08. The van der Waals surface area contributed by atoms with Gasteiger partial charge in [0.15, 0.2) is 0 Å². The second kappa shape index (κ2) is 5.56. The molecule has 3 nitrogen and oxygen atoms in total. The van der Waals surface area contributed by atoms with Crippen LogP contribution in [0, 0.1) is 0 Å². The lowest BCUT2D eigenvalue weighted by molar-refractivity contribution is 0.177. The molecule has 0 amide bonds. The van der Waals surface area contributed by atoms with Gasteiger partial charge in [0.25, 0.3) is 0 Å². The average Bonchev–Trinajstić information content (AvgIpc) is 2.19. The number of nitrogens with two attached hydrogens (primary N) is 1. The Morgan fingerprint density at radius 3 is 2.62 bits per heavy atom. The molecule has 1 unspecified atom stereocenters. The molecule has 1 aromatic carbocycles. The molecule has 1 aromatic rings. The first-order valence-electron chi connectivity index (χ1n) is 4.50. The third-order valence-electron chi connectivity index (χ3n) is 1.85. The number of nitrogens with one attached hydrogen (secondary N) is 1. The van der Waals surface area contributed by atoms with Gasteiger partial charge in [-0.1, -0.05) is 18.2 Å². The Hall–Kier alpha value is -1.06. The Kier molecular flexibility index (Phi) is 4.29. The minimum atomic E-state index is -0.392. The molecular formula is C10H16N2O. The normalized spacial score (nSPS) is 12.5. The fraction of sp³-hybridized carbons (Fsp3) is 0.400. The molecule has 0 aromatic heterocycles. The fourth-order valence-corrected chi connectivity index (χ4v) is 1.06. The summed E-state index contributed by atoms with van der Waals surface area (Å²) in [7, 11) is 0. The minimum absolute atomic E-state index is 0.330. The summed E-state index contributed by atoms with van der Waals surface area (Å²) in [6.07, 6.45) is 0.294. The minimum Gasteiger partial charge on any atom is -0.392 e. The van der Waals surface area contributed by atoms with Gasteiger partial charge in [-0.25, -0.2) is 0 Å². The van der Waals surface area contributed by atoms with Crippen molar-refractivity contribution in [2.24, 2.45) is 5.73 Å². The first-order chi connectivity index (χ1) is 6.33. The van der Waals surface area contributed by atoms with Crippen LogP contribution in [0.3, 0.4) is 0 Å². The zero-order chi connectivity index (χ0) is 9.52. The molecular weight excluding hydrogens is 164 g/mol. The van der Waals surface area contributed by atoms with E-state index in [1.54, 1.807) is 0 Å². The molecule has 1 rings (SSSR count). The Morgan fingerprint density at radius 1 is 1.31 bits per heavy atom. The van der Waals surface area contributed by atoms with Crippen molar-refractivity contribution in [2.75, 3.05) is 18.4 Å². The fourth-order valence-electron chi connectivity index (χ4n) is 1.06. The van der Waals surface area contributed by atoms with Crippen molar-refractivity contribution >= 4 is 5.69 Å². The van der Waals surface area contributed by atoms with Gasteiger partial charge < -0.3 is 16.2 Å². The molecule has 1 atom stereocenters. The van der Waals surface area contributed by atoms with Gasteiger partial charge in [0.1, 0.15) is 0 Å². The van der Waals surface area contributed by atoms with E-state index in [4.69, 9.17) is 5.73 Å². The molecule has 0 aliphatic heterocycles. The van der Waals surface area contributed by atoms with Gasteiger partial charge in [-0.2, -0.15) is 0 Å². The second-order valence-corrected chi connectivity index (χ2v) is 2.97. The lowest BCUT2D eigenvalue weighted by Crippen LogP contribution is -2.22. The molecule has 3 heteroatoms. The molecule has 0 saturated heterocycles. The molecule has 0 radical (unpaired) electrons. The van der Waals surface area contributed by atoms with E-state index in [2.05, 4.69) is 5.32 Å². The predicted octanol–water partition coefficient (Wildman–Crippen LogP) is 0.808. The maximum absolute atomic E-state index is 9.17. The molecule has 0 aliphatic rings. The highest BCUT2D eigenvalue weighted by atomic mass is 16.3. The van der Waals surface area contributed by atoms with E-state index in [1.807, 2.05) is 30.3 Å². The van der Waals surface area contributed by atoms with Crippen molar-refractivity contribution in [2.45, 2.75) is 12.5 Å². The highest BCUT2D eigenvalue weighted by Gasteiger charge is 1.99. The number of benzene rings is 1. The van der Waals surface area contributed by atoms with Gasteiger partial charge in [0.05, 0.1) is 6.10 Å². The monoisotopic (exact) mass is 180 g/mol. The van der Waals surface area contributed by atoms with E-state index < -0.39 is 6.10 Å². The highest BCUT2D eigenvalue weighted by Crippen LogP contribution is 2.04. The smallest absolute Gasteiger partial charge is 0.0679 e. The molecule has 0 aliphatic carbocycles. The summed E-state index contributed by atoms with van der Waals surface area (Å²) in [5.41, 5.74) is 6.35. The zero-order valence-corrected chi connectivity index (χ0v) is 7.61. The van der Waals surface area contributed by atoms with Crippen LogP contribution in [0.2, 0.25) is 0 Å². The summed E-state index contributed by atoms with van der Waals surface area (Å²) in [6, 6.07) is 9.91. The van der Waals surface area contributed by atoms with E-state index in [-0.39, 0.29) is 0 Å². The van der Waals surface area contributed by atoms with E-state index in [0.29, 0.717) is 13.0 Å². The number of para-hydroxylation sites is 1. The molecule has 0 saturated carbocycles. The van der Waals surface area contributed by atoms with Crippen LogP contribution >= 0.6 is 0 Å². The zero-order valence-electron chi connectivity index (χ0n) is 7.61. The van der Waals surface area contributed by atoms with Gasteiger partial charge in [-0.05, 0) is 18.6 Å². The predicted molar refractivity (Wildman–Crippen MR) is 54.6 cm³/mol. The van der Waals surface area contributed by atoms with Crippen LogP contribution in [-0.4, -0.2) is 24.3 Å². The van der Waals surface area contributed by atoms with Gasteiger partial charge in [-0.15, -0.1) is 0 Å². The van der Waals surface area contributed by atoms with Crippen molar-refractivity contribution in [1.82, 2.24) is 0 Å². The van der Waals surface area contributed by atoms with Crippen molar-refractivity contribution in [3.05, 3.63) is 30.3 Å². The van der Waals surface area contributed by atoms with E-state index in [1.165, 1.54) is 0 Å². The number of anilines is 1. The lowest BCUT2D eigenvalue weighted by atomic mass is 10.2. The molecule has 13 heavy (non-hydrogen) atoms. The van der Waals surface area contributed by atoms with Gasteiger partial charge in [-0.3, -0.25) is 0 Å². The lowest BCUT2D eigenvalue weighted by Gasteiger charge is -2.09. The Morgan fingerprint density at radius 2 is 2.00 bits per heavy atom. The summed E-state index contributed by atoms with van der Waals surface area (Å²) in [5.74, 6) is 0. The summed E-state index contributed by atoms with van der Waals surface area (Å²) >= 11 is 0. The molecule has 0 fully saturated rings. The van der Waals surface area contributed by atoms with E-state index in [0.717, 1.165) is 12.2 Å². The van der Waals surface area contributed by atoms with Gasteiger partial charge >= 0.3 is 0 Å². The van der Waals surface area contributed by atoms with Gasteiger partial charge in [0, 0.05) is 18.8 Å². The topological polar surface area (TPSA) is 58.3 Å². The molecule has 4 N–H and O–H groups in total. The third-order valence-corrected chi connectivity index (χ3v) is 1.85. The Balaban J connectivity index is 2.20. The van der Waals surface area contributed by atoms with Crippen molar-refractivity contribution < 1.29 is 5.11 Å². The summed E-state index contributed by atoms with van der Waals surface area (Å²) in [4.78, 5) is 0. The van der Waals surface area contributed by atoms with Crippen LogP contribution in [0.5, 0.6) is 0 Å². The Labute approximate surface area is 78.6 Å². The first kappa shape index (κ1) is 10.0. The van der Waals surface area contributed by atoms with Crippen molar-refractivity contribution in [3.8, 4) is 0 Å². The molecule has 0 bridgehead atoms. The SMILES string of the molecule is NCC(O)CCNc1ccccc1. The van der Waals surface area contributed by atoms with E-state index >= 15 is 0 Å². The quantitative estimate of drug-likeness (QED) is 0.628. The van der Waals surface area contributed by atoms with Crippen LogP contribution in [0.25, 0.3) is 0 Å². The number of hydrogen-bond donors (Lipinski definition) is 3. The second-order valence-electron chi connectivity index (χ2n) is 2.97. The standard InChI is InChI=1S/C10H16N2O/c11-8-10(13)6-7-12-9-4-2-1-3-5-9/h1-5,10,12-13H,6-8,11H2. The summed E-state index contributed by atoms with van der Waals surface area (Å²) in [5, 5.41) is 12.4. The van der Waals surface area contributed by atoms with Crippen LogP contribution in [-0.2, 0) is 0 Å².